The number of amides is 1. The van der Waals surface area contributed by atoms with Gasteiger partial charge in [0.2, 0.25) is 5.91 Å². The number of hydrogen-bond acceptors (Lipinski definition) is 2. The highest BCUT2D eigenvalue weighted by Gasteiger charge is 2.50. The van der Waals surface area contributed by atoms with E-state index in [1.165, 1.54) is 32.1 Å². The zero-order chi connectivity index (χ0) is 12.7. The first-order valence-electron chi connectivity index (χ1n) is 7.56. The largest absolute Gasteiger partial charge is 0.396 e. The number of rotatable bonds is 4. The van der Waals surface area contributed by atoms with Crippen molar-refractivity contribution < 1.29 is 9.90 Å². The predicted molar refractivity (Wildman–Crippen MR) is 69.8 cm³/mol. The number of carbonyl (C=O) groups excluding carboxylic acids is 1. The Kier molecular flexibility index (Phi) is 3.35. The summed E-state index contributed by atoms with van der Waals surface area (Å²) in [5.74, 6) is 3.88. The highest BCUT2D eigenvalue weighted by atomic mass is 16.3. The molecule has 2 N–H and O–H groups in total. The average molecular weight is 251 g/mol. The van der Waals surface area contributed by atoms with E-state index in [-0.39, 0.29) is 24.3 Å². The van der Waals surface area contributed by atoms with Crippen LogP contribution in [0, 0.1) is 35.5 Å². The molecule has 4 rings (SSSR count). The number of aliphatic hydroxyl groups excluding tert-OH is 1. The molecular weight excluding hydrogens is 226 g/mol. The molecule has 3 nitrogen and oxygen atoms in total. The molecule has 1 unspecified atom stereocenters. The summed E-state index contributed by atoms with van der Waals surface area (Å²) in [6.07, 6.45) is 6.60. The lowest BCUT2D eigenvalue weighted by atomic mass is 9.51. The molecule has 0 saturated heterocycles. The molecule has 18 heavy (non-hydrogen) atoms. The van der Waals surface area contributed by atoms with Crippen molar-refractivity contribution in [2.24, 2.45) is 35.5 Å². The van der Waals surface area contributed by atoms with Crippen LogP contribution >= 0.6 is 0 Å². The Labute approximate surface area is 109 Å². The van der Waals surface area contributed by atoms with Gasteiger partial charge in [-0.3, -0.25) is 4.79 Å². The van der Waals surface area contributed by atoms with E-state index in [9.17, 15) is 4.79 Å². The monoisotopic (exact) mass is 251 g/mol. The predicted octanol–water partition coefficient (Wildman–Crippen LogP) is 1.80. The lowest BCUT2D eigenvalue weighted by molar-refractivity contribution is -0.138. The lowest BCUT2D eigenvalue weighted by Crippen LogP contribution is -2.51. The fourth-order valence-corrected chi connectivity index (χ4v) is 4.81. The maximum atomic E-state index is 12.4. The van der Waals surface area contributed by atoms with Crippen LogP contribution < -0.4 is 5.32 Å². The van der Waals surface area contributed by atoms with Gasteiger partial charge in [-0.05, 0) is 61.7 Å². The Balaban J connectivity index is 1.60. The molecule has 0 heterocycles. The van der Waals surface area contributed by atoms with E-state index < -0.39 is 0 Å². The molecule has 0 spiro atoms. The summed E-state index contributed by atoms with van der Waals surface area (Å²) in [7, 11) is 0. The zero-order valence-corrected chi connectivity index (χ0v) is 11.3. The minimum atomic E-state index is 0.155. The molecule has 0 radical (unpaired) electrons. The highest BCUT2D eigenvalue weighted by Crippen LogP contribution is 2.56. The summed E-state index contributed by atoms with van der Waals surface area (Å²) in [4.78, 5) is 12.4. The van der Waals surface area contributed by atoms with Gasteiger partial charge in [0.25, 0.3) is 0 Å². The van der Waals surface area contributed by atoms with Crippen LogP contribution in [-0.4, -0.2) is 24.2 Å². The lowest BCUT2D eigenvalue weighted by Gasteiger charge is -2.53. The molecule has 0 aromatic carbocycles. The van der Waals surface area contributed by atoms with Crippen LogP contribution in [0.25, 0.3) is 0 Å². The minimum Gasteiger partial charge on any atom is -0.396 e. The van der Waals surface area contributed by atoms with Crippen molar-refractivity contribution in [3.8, 4) is 0 Å². The van der Waals surface area contributed by atoms with Crippen molar-refractivity contribution in [3.63, 3.8) is 0 Å². The van der Waals surface area contributed by atoms with Crippen LogP contribution in [0.1, 0.15) is 39.0 Å². The van der Waals surface area contributed by atoms with Crippen LogP contribution in [0.4, 0.5) is 0 Å². The van der Waals surface area contributed by atoms with Gasteiger partial charge < -0.3 is 10.4 Å². The van der Waals surface area contributed by atoms with Crippen LogP contribution in [0.15, 0.2) is 0 Å². The normalized spacial score (nSPS) is 42.9. The Bertz CT molecular complexity index is 300. The van der Waals surface area contributed by atoms with E-state index >= 15 is 0 Å². The van der Waals surface area contributed by atoms with E-state index in [1.54, 1.807) is 0 Å². The van der Waals surface area contributed by atoms with E-state index in [2.05, 4.69) is 5.32 Å². The summed E-state index contributed by atoms with van der Waals surface area (Å²) in [6, 6.07) is 0. The molecule has 0 aliphatic heterocycles. The maximum Gasteiger partial charge on any atom is 0.223 e. The van der Waals surface area contributed by atoms with Gasteiger partial charge in [-0.1, -0.05) is 6.92 Å². The molecule has 1 atom stereocenters. The Morgan fingerprint density at radius 1 is 1.17 bits per heavy atom. The quantitative estimate of drug-likeness (QED) is 0.800. The second kappa shape index (κ2) is 4.84. The fraction of sp³-hybridized carbons (Fsp3) is 0.933. The summed E-state index contributed by atoms with van der Waals surface area (Å²) < 4.78 is 0. The molecule has 4 aliphatic carbocycles. The van der Waals surface area contributed by atoms with Gasteiger partial charge in [0.05, 0.1) is 0 Å². The third kappa shape index (κ3) is 2.18. The smallest absolute Gasteiger partial charge is 0.223 e. The van der Waals surface area contributed by atoms with E-state index in [1.807, 2.05) is 6.92 Å². The summed E-state index contributed by atoms with van der Waals surface area (Å²) >= 11 is 0. The van der Waals surface area contributed by atoms with E-state index in [4.69, 9.17) is 5.11 Å². The summed E-state index contributed by atoms with van der Waals surface area (Å²) in [5.41, 5.74) is 0. The first-order valence-corrected chi connectivity index (χ1v) is 7.56. The van der Waals surface area contributed by atoms with Gasteiger partial charge in [0, 0.05) is 19.1 Å². The first-order chi connectivity index (χ1) is 8.67. The third-order valence-corrected chi connectivity index (χ3v) is 5.47. The highest BCUT2D eigenvalue weighted by molar-refractivity contribution is 5.79. The van der Waals surface area contributed by atoms with Crippen LogP contribution in [0.3, 0.4) is 0 Å². The molecule has 0 aromatic rings. The van der Waals surface area contributed by atoms with Gasteiger partial charge in [0.15, 0.2) is 0 Å². The second-order valence-corrected chi connectivity index (χ2v) is 6.99. The second-order valence-electron chi connectivity index (χ2n) is 6.99. The van der Waals surface area contributed by atoms with E-state index in [0.717, 1.165) is 11.8 Å². The molecule has 4 bridgehead atoms. The first kappa shape index (κ1) is 12.5. The summed E-state index contributed by atoms with van der Waals surface area (Å²) in [6.45, 7) is 2.75. The van der Waals surface area contributed by atoms with Crippen LogP contribution in [0.2, 0.25) is 0 Å². The Hall–Kier alpha value is -0.570. The summed E-state index contributed by atoms with van der Waals surface area (Å²) in [5, 5.41) is 12.1. The topological polar surface area (TPSA) is 49.3 Å². The van der Waals surface area contributed by atoms with Gasteiger partial charge >= 0.3 is 0 Å². The van der Waals surface area contributed by atoms with Crippen LogP contribution in [-0.2, 0) is 4.79 Å². The Morgan fingerprint density at radius 2 is 1.72 bits per heavy atom. The van der Waals surface area contributed by atoms with Gasteiger partial charge in [-0.25, -0.2) is 0 Å². The molecule has 4 saturated carbocycles. The van der Waals surface area contributed by atoms with Crippen molar-refractivity contribution in [3.05, 3.63) is 0 Å². The molecule has 0 aromatic heterocycles. The molecule has 3 heteroatoms. The van der Waals surface area contributed by atoms with Crippen LogP contribution in [0.5, 0.6) is 0 Å². The molecular formula is C15H25NO2. The minimum absolute atomic E-state index is 0.155. The molecule has 1 amide bonds. The number of aliphatic hydroxyl groups is 1. The maximum absolute atomic E-state index is 12.4. The number of nitrogens with one attached hydrogen (secondary N) is 1. The average Bonchev–Trinajstić information content (AvgIpc) is 2.34. The SMILES string of the molecule is CC(CO)CNC(=O)C1C2CC3CC(C2)CC1C3. The van der Waals surface area contributed by atoms with Gasteiger partial charge in [-0.2, -0.15) is 0 Å². The molecule has 4 fully saturated rings. The third-order valence-electron chi connectivity index (χ3n) is 5.47. The van der Waals surface area contributed by atoms with Gasteiger partial charge in [0.1, 0.15) is 0 Å². The van der Waals surface area contributed by atoms with Crippen molar-refractivity contribution in [1.82, 2.24) is 5.32 Å². The van der Waals surface area contributed by atoms with Crippen molar-refractivity contribution in [1.29, 1.82) is 0 Å². The van der Waals surface area contributed by atoms with Crippen molar-refractivity contribution >= 4 is 5.91 Å². The van der Waals surface area contributed by atoms with Crippen molar-refractivity contribution in [2.45, 2.75) is 39.0 Å². The molecule has 102 valence electrons. The van der Waals surface area contributed by atoms with E-state index in [0.29, 0.717) is 18.4 Å². The zero-order valence-electron chi connectivity index (χ0n) is 11.3. The number of carbonyl (C=O) groups is 1. The fourth-order valence-electron chi connectivity index (χ4n) is 4.81. The molecule has 4 aliphatic rings. The van der Waals surface area contributed by atoms with Gasteiger partial charge in [-0.15, -0.1) is 0 Å². The van der Waals surface area contributed by atoms with Crippen molar-refractivity contribution in [2.75, 3.05) is 13.2 Å². The number of hydrogen-bond donors (Lipinski definition) is 2. The Morgan fingerprint density at radius 3 is 2.22 bits per heavy atom. The standard InChI is InChI=1S/C15H25NO2/c1-9(8-17)7-16-15(18)14-12-3-10-2-11(5-12)6-13(14)4-10/h9-14,17H,2-8H2,1H3,(H,16,18).